The molecule has 2 fully saturated rings. The maximum absolute atomic E-state index is 11.8. The molecule has 5 nitrogen and oxygen atoms in total. The summed E-state index contributed by atoms with van der Waals surface area (Å²) in [4.78, 5) is 23.6. The van der Waals surface area contributed by atoms with Crippen LogP contribution in [0.5, 0.6) is 0 Å². The van der Waals surface area contributed by atoms with Crippen LogP contribution >= 0.6 is 0 Å². The first-order valence-corrected chi connectivity index (χ1v) is 7.90. The third-order valence-electron chi connectivity index (χ3n) is 4.44. The minimum atomic E-state index is -0.200. The van der Waals surface area contributed by atoms with Gasteiger partial charge in [0.25, 0.3) is 0 Å². The minimum absolute atomic E-state index is 0.00175. The molecule has 0 atom stereocenters. The van der Waals surface area contributed by atoms with Gasteiger partial charge in [-0.25, -0.2) is 0 Å². The van der Waals surface area contributed by atoms with Crippen LogP contribution in [-0.4, -0.2) is 35.6 Å². The van der Waals surface area contributed by atoms with Crippen molar-refractivity contribution >= 4 is 11.8 Å². The molecule has 0 spiro atoms. The van der Waals surface area contributed by atoms with E-state index in [-0.39, 0.29) is 29.9 Å². The topological polar surface area (TPSA) is 78.4 Å². The smallest absolute Gasteiger partial charge is 0.223 e. The van der Waals surface area contributed by atoms with E-state index < -0.39 is 0 Å². The van der Waals surface area contributed by atoms with Gasteiger partial charge in [-0.15, -0.1) is 0 Å². The number of nitrogens with one attached hydrogen (secondary N) is 2. The highest BCUT2D eigenvalue weighted by Gasteiger charge is 2.23. The van der Waals surface area contributed by atoms with E-state index in [0.29, 0.717) is 13.0 Å². The van der Waals surface area contributed by atoms with Crippen LogP contribution in [0.1, 0.15) is 57.8 Å². The molecule has 2 aliphatic rings. The molecule has 0 heterocycles. The van der Waals surface area contributed by atoms with Gasteiger partial charge in [0.1, 0.15) is 0 Å². The highest BCUT2D eigenvalue weighted by molar-refractivity contribution is 5.80. The van der Waals surface area contributed by atoms with E-state index in [0.717, 1.165) is 51.4 Å². The Morgan fingerprint density at radius 1 is 1.00 bits per heavy atom. The quantitative estimate of drug-likeness (QED) is 0.706. The van der Waals surface area contributed by atoms with Crippen molar-refractivity contribution in [2.45, 2.75) is 69.9 Å². The zero-order valence-electron chi connectivity index (χ0n) is 12.1. The lowest BCUT2D eigenvalue weighted by molar-refractivity contribution is -0.125. The van der Waals surface area contributed by atoms with Crippen molar-refractivity contribution < 1.29 is 14.7 Å². The van der Waals surface area contributed by atoms with Crippen LogP contribution < -0.4 is 10.6 Å². The van der Waals surface area contributed by atoms with Crippen LogP contribution in [0.3, 0.4) is 0 Å². The lowest BCUT2D eigenvalue weighted by atomic mass is 9.93. The average molecular weight is 282 g/mol. The second kappa shape index (κ2) is 7.62. The van der Waals surface area contributed by atoms with Gasteiger partial charge >= 0.3 is 0 Å². The van der Waals surface area contributed by atoms with Crippen LogP contribution in [0.25, 0.3) is 0 Å². The molecule has 2 aliphatic carbocycles. The van der Waals surface area contributed by atoms with Crippen molar-refractivity contribution in [2.75, 3.05) is 6.54 Å². The maximum Gasteiger partial charge on any atom is 0.223 e. The third kappa shape index (κ3) is 4.78. The zero-order valence-corrected chi connectivity index (χ0v) is 12.1. The van der Waals surface area contributed by atoms with Gasteiger partial charge in [0, 0.05) is 24.9 Å². The van der Waals surface area contributed by atoms with Crippen molar-refractivity contribution in [1.82, 2.24) is 10.6 Å². The summed E-state index contributed by atoms with van der Waals surface area (Å²) in [5.74, 6) is 0.270. The van der Waals surface area contributed by atoms with Crippen molar-refractivity contribution in [3.63, 3.8) is 0 Å². The Balaban J connectivity index is 1.56. The predicted molar refractivity (Wildman–Crippen MR) is 76.0 cm³/mol. The Morgan fingerprint density at radius 2 is 1.65 bits per heavy atom. The van der Waals surface area contributed by atoms with Gasteiger partial charge in [-0.2, -0.15) is 0 Å². The first kappa shape index (κ1) is 15.3. The number of aliphatic hydroxyl groups is 1. The van der Waals surface area contributed by atoms with Crippen LogP contribution in [-0.2, 0) is 9.59 Å². The second-order valence-electron chi connectivity index (χ2n) is 6.10. The summed E-state index contributed by atoms with van der Waals surface area (Å²) in [6.45, 7) is 0.427. The molecule has 0 unspecified atom stereocenters. The molecule has 2 rings (SSSR count). The van der Waals surface area contributed by atoms with E-state index in [1.807, 2.05) is 0 Å². The Labute approximate surface area is 120 Å². The summed E-state index contributed by atoms with van der Waals surface area (Å²) < 4.78 is 0. The van der Waals surface area contributed by atoms with E-state index in [2.05, 4.69) is 10.6 Å². The molecule has 0 saturated heterocycles. The van der Waals surface area contributed by atoms with Gasteiger partial charge < -0.3 is 15.7 Å². The van der Waals surface area contributed by atoms with Gasteiger partial charge in [-0.1, -0.05) is 12.8 Å². The summed E-state index contributed by atoms with van der Waals surface area (Å²) in [5.41, 5.74) is 0. The molecule has 0 aromatic heterocycles. The summed E-state index contributed by atoms with van der Waals surface area (Å²) >= 11 is 0. The summed E-state index contributed by atoms with van der Waals surface area (Å²) in [6, 6.07) is 0.191. The van der Waals surface area contributed by atoms with Gasteiger partial charge in [-0.05, 0) is 38.5 Å². The Hall–Kier alpha value is -1.10. The van der Waals surface area contributed by atoms with E-state index >= 15 is 0 Å². The lowest BCUT2D eigenvalue weighted by Crippen LogP contribution is -2.40. The summed E-state index contributed by atoms with van der Waals surface area (Å²) in [5, 5.41) is 15.2. The van der Waals surface area contributed by atoms with Gasteiger partial charge in [0.15, 0.2) is 0 Å². The number of amides is 2. The normalized spacial score (nSPS) is 27.2. The van der Waals surface area contributed by atoms with Gasteiger partial charge in [0.2, 0.25) is 11.8 Å². The van der Waals surface area contributed by atoms with E-state index in [1.54, 1.807) is 0 Å². The number of aliphatic hydroxyl groups excluding tert-OH is 1. The maximum atomic E-state index is 11.8. The summed E-state index contributed by atoms with van der Waals surface area (Å²) in [7, 11) is 0. The van der Waals surface area contributed by atoms with Crippen molar-refractivity contribution in [3.05, 3.63) is 0 Å². The molecule has 0 aromatic carbocycles. The molecule has 0 radical (unpaired) electrons. The molecule has 5 heteroatoms. The third-order valence-corrected chi connectivity index (χ3v) is 4.44. The minimum Gasteiger partial charge on any atom is -0.393 e. The predicted octanol–water partition coefficient (Wildman–Crippen LogP) is 1.10. The molecule has 0 aliphatic heterocycles. The van der Waals surface area contributed by atoms with Crippen molar-refractivity contribution in [1.29, 1.82) is 0 Å². The van der Waals surface area contributed by atoms with E-state index in [1.165, 1.54) is 0 Å². The van der Waals surface area contributed by atoms with Crippen LogP contribution in [0.2, 0.25) is 0 Å². The number of rotatable bonds is 5. The zero-order chi connectivity index (χ0) is 14.4. The van der Waals surface area contributed by atoms with Crippen LogP contribution in [0.15, 0.2) is 0 Å². The lowest BCUT2D eigenvalue weighted by Gasteiger charge is -2.26. The Morgan fingerprint density at radius 3 is 2.30 bits per heavy atom. The van der Waals surface area contributed by atoms with Crippen LogP contribution in [0, 0.1) is 5.92 Å². The molecular weight excluding hydrogens is 256 g/mol. The molecule has 0 aromatic rings. The van der Waals surface area contributed by atoms with Crippen molar-refractivity contribution in [2.24, 2.45) is 5.92 Å². The molecule has 20 heavy (non-hydrogen) atoms. The van der Waals surface area contributed by atoms with Crippen molar-refractivity contribution in [3.8, 4) is 0 Å². The fourth-order valence-electron chi connectivity index (χ4n) is 3.15. The molecule has 2 saturated carbocycles. The standard InChI is InChI=1S/C15H26N2O3/c18-13-7-5-12(6-8-13)17-14(19)9-10-16-15(20)11-3-1-2-4-11/h11-13,18H,1-10H2,(H,16,20)(H,17,19). The van der Waals surface area contributed by atoms with Gasteiger partial charge in [-0.3, -0.25) is 9.59 Å². The number of hydrogen-bond donors (Lipinski definition) is 3. The fourth-order valence-corrected chi connectivity index (χ4v) is 3.15. The Bertz CT molecular complexity index is 332. The Kier molecular flexibility index (Phi) is 5.83. The average Bonchev–Trinajstić information content (AvgIpc) is 2.95. The largest absolute Gasteiger partial charge is 0.393 e. The molecule has 2 amide bonds. The molecule has 0 bridgehead atoms. The van der Waals surface area contributed by atoms with E-state index in [9.17, 15) is 14.7 Å². The highest BCUT2D eigenvalue weighted by Crippen LogP contribution is 2.24. The number of carbonyl (C=O) groups excluding carboxylic acids is 2. The second-order valence-corrected chi connectivity index (χ2v) is 6.10. The highest BCUT2D eigenvalue weighted by atomic mass is 16.3. The first-order chi connectivity index (χ1) is 9.65. The monoisotopic (exact) mass is 282 g/mol. The SMILES string of the molecule is O=C(CCNC(=O)C1CCCC1)NC1CCC(O)CC1. The number of hydrogen-bond acceptors (Lipinski definition) is 3. The number of carbonyl (C=O) groups is 2. The first-order valence-electron chi connectivity index (χ1n) is 7.90. The van der Waals surface area contributed by atoms with Gasteiger partial charge in [0.05, 0.1) is 6.10 Å². The molecular formula is C15H26N2O3. The molecule has 3 N–H and O–H groups in total. The van der Waals surface area contributed by atoms with E-state index in [4.69, 9.17) is 0 Å². The molecule has 114 valence electrons. The summed E-state index contributed by atoms with van der Waals surface area (Å²) in [6.07, 6.45) is 7.64. The van der Waals surface area contributed by atoms with Crippen LogP contribution in [0.4, 0.5) is 0 Å². The fraction of sp³-hybridized carbons (Fsp3) is 0.867.